The van der Waals surface area contributed by atoms with Crippen LogP contribution in [0.4, 0.5) is 0 Å². The summed E-state index contributed by atoms with van der Waals surface area (Å²) in [6.45, 7) is -0.745. The fourth-order valence-corrected chi connectivity index (χ4v) is 4.47. The van der Waals surface area contributed by atoms with Gasteiger partial charge in [0, 0.05) is 15.6 Å². The van der Waals surface area contributed by atoms with Crippen molar-refractivity contribution in [2.24, 2.45) is 0 Å². The minimum atomic E-state index is -0.699. The van der Waals surface area contributed by atoms with Crippen LogP contribution in [0.15, 0.2) is 66.7 Å². The Kier molecular flexibility index (Phi) is 5.79. The van der Waals surface area contributed by atoms with E-state index in [9.17, 15) is 14.4 Å². The maximum Gasteiger partial charge on any atom is 0.325 e. The number of ketones is 1. The van der Waals surface area contributed by atoms with E-state index in [1.165, 1.54) is 11.3 Å². The molecule has 1 N–H and O–H groups in total. The third-order valence-electron chi connectivity index (χ3n) is 4.57. The van der Waals surface area contributed by atoms with Gasteiger partial charge in [0.15, 0.2) is 12.4 Å². The molecule has 7 heteroatoms. The highest BCUT2D eigenvalue weighted by Gasteiger charge is 2.18. The zero-order valence-electron chi connectivity index (χ0n) is 15.7. The van der Waals surface area contributed by atoms with E-state index in [1.807, 2.05) is 54.6 Å². The molecular weight excluding hydrogens is 422 g/mol. The van der Waals surface area contributed by atoms with Crippen molar-refractivity contribution in [3.05, 3.63) is 82.2 Å². The highest BCUT2D eigenvalue weighted by Crippen LogP contribution is 2.34. The van der Waals surface area contributed by atoms with Crippen molar-refractivity contribution in [2.75, 3.05) is 13.2 Å². The Morgan fingerprint density at radius 2 is 1.67 bits per heavy atom. The predicted molar refractivity (Wildman–Crippen MR) is 118 cm³/mol. The molecule has 0 atom stereocenters. The standard InChI is InChI=1S/C23H16ClNO4S/c24-21-17-7-3-4-8-19(17)30-22(21)23(28)25-12-20(27)29-13-18(26)16-10-9-14-5-1-2-6-15(14)11-16/h1-11H,12-13H2,(H,25,28). The van der Waals surface area contributed by atoms with Gasteiger partial charge in [0.1, 0.15) is 11.4 Å². The fourth-order valence-electron chi connectivity index (χ4n) is 3.04. The number of carbonyl (C=O) groups is 3. The van der Waals surface area contributed by atoms with Crippen LogP contribution >= 0.6 is 22.9 Å². The number of hydrogen-bond donors (Lipinski definition) is 1. The Hall–Kier alpha value is -3.22. The molecule has 0 bridgehead atoms. The van der Waals surface area contributed by atoms with Gasteiger partial charge >= 0.3 is 5.97 Å². The highest BCUT2D eigenvalue weighted by atomic mass is 35.5. The molecule has 0 aliphatic carbocycles. The van der Waals surface area contributed by atoms with Crippen molar-refractivity contribution in [2.45, 2.75) is 0 Å². The van der Waals surface area contributed by atoms with E-state index in [0.29, 0.717) is 15.5 Å². The molecule has 1 aromatic heterocycles. The lowest BCUT2D eigenvalue weighted by Gasteiger charge is -2.06. The molecule has 5 nitrogen and oxygen atoms in total. The van der Waals surface area contributed by atoms with E-state index in [4.69, 9.17) is 16.3 Å². The largest absolute Gasteiger partial charge is 0.456 e. The van der Waals surface area contributed by atoms with Crippen LogP contribution in [0.25, 0.3) is 20.9 Å². The number of Topliss-reactive ketones (excluding diaryl/α,β-unsaturated/α-hetero) is 1. The van der Waals surface area contributed by atoms with Gasteiger partial charge in [-0.3, -0.25) is 14.4 Å². The summed E-state index contributed by atoms with van der Waals surface area (Å²) in [5, 5.41) is 5.59. The summed E-state index contributed by atoms with van der Waals surface area (Å²) in [5.74, 6) is -1.47. The molecule has 0 aliphatic rings. The van der Waals surface area contributed by atoms with Crippen molar-refractivity contribution in [3.63, 3.8) is 0 Å². The molecule has 0 aliphatic heterocycles. The van der Waals surface area contributed by atoms with Crippen LogP contribution in [0.3, 0.4) is 0 Å². The summed E-state index contributed by atoms with van der Waals surface area (Å²) in [5.41, 5.74) is 0.461. The zero-order valence-corrected chi connectivity index (χ0v) is 17.3. The molecular formula is C23H16ClNO4S. The second-order valence-electron chi connectivity index (χ2n) is 6.57. The summed E-state index contributed by atoms with van der Waals surface area (Å²) in [6, 6.07) is 20.4. The first-order valence-corrected chi connectivity index (χ1v) is 10.4. The molecule has 4 aromatic rings. The van der Waals surface area contributed by atoms with Gasteiger partial charge in [0.25, 0.3) is 5.91 Å². The minimum absolute atomic E-state index is 0.312. The maximum atomic E-state index is 12.4. The lowest BCUT2D eigenvalue weighted by molar-refractivity contribution is -0.141. The highest BCUT2D eigenvalue weighted by molar-refractivity contribution is 7.21. The molecule has 0 unspecified atom stereocenters. The minimum Gasteiger partial charge on any atom is -0.456 e. The fraction of sp³-hybridized carbons (Fsp3) is 0.0870. The van der Waals surface area contributed by atoms with Gasteiger partial charge in [-0.15, -0.1) is 11.3 Å². The van der Waals surface area contributed by atoms with Crippen molar-refractivity contribution in [1.29, 1.82) is 0 Å². The average Bonchev–Trinajstić information content (AvgIpc) is 3.12. The lowest BCUT2D eigenvalue weighted by atomic mass is 10.0. The van der Waals surface area contributed by atoms with E-state index in [-0.39, 0.29) is 12.3 Å². The third-order valence-corrected chi connectivity index (χ3v) is 6.24. The molecule has 0 saturated carbocycles. The van der Waals surface area contributed by atoms with Gasteiger partial charge in [0.2, 0.25) is 0 Å². The van der Waals surface area contributed by atoms with Crippen LogP contribution in [-0.4, -0.2) is 30.8 Å². The van der Waals surface area contributed by atoms with Crippen LogP contribution in [0, 0.1) is 0 Å². The monoisotopic (exact) mass is 437 g/mol. The van der Waals surface area contributed by atoms with Gasteiger partial charge < -0.3 is 10.1 Å². The maximum absolute atomic E-state index is 12.4. The van der Waals surface area contributed by atoms with Crippen LogP contribution in [0.2, 0.25) is 5.02 Å². The number of benzene rings is 3. The molecule has 1 amide bonds. The number of ether oxygens (including phenoxy) is 1. The Labute approximate surface area is 181 Å². The molecule has 3 aromatic carbocycles. The van der Waals surface area contributed by atoms with Crippen LogP contribution < -0.4 is 5.32 Å². The van der Waals surface area contributed by atoms with Crippen LogP contribution in [0.5, 0.6) is 0 Å². The number of halogens is 1. The van der Waals surface area contributed by atoms with Gasteiger partial charge in [-0.2, -0.15) is 0 Å². The smallest absolute Gasteiger partial charge is 0.325 e. The molecule has 0 saturated heterocycles. The SMILES string of the molecule is O=C(CNC(=O)c1sc2ccccc2c1Cl)OCC(=O)c1ccc2ccccc2c1. The molecule has 30 heavy (non-hydrogen) atoms. The number of nitrogens with one attached hydrogen (secondary N) is 1. The number of amides is 1. The second-order valence-corrected chi connectivity index (χ2v) is 8.00. The topological polar surface area (TPSA) is 72.5 Å². The second kappa shape index (κ2) is 8.65. The molecule has 4 rings (SSSR count). The summed E-state index contributed by atoms with van der Waals surface area (Å²) in [4.78, 5) is 37.0. The van der Waals surface area contributed by atoms with Crippen LogP contribution in [-0.2, 0) is 9.53 Å². The van der Waals surface area contributed by atoms with Crippen molar-refractivity contribution in [3.8, 4) is 0 Å². The molecule has 1 heterocycles. The normalized spacial score (nSPS) is 10.8. The summed E-state index contributed by atoms with van der Waals surface area (Å²) in [6.07, 6.45) is 0. The molecule has 0 fully saturated rings. The number of fused-ring (bicyclic) bond motifs is 2. The number of carbonyl (C=O) groups excluding carboxylic acids is 3. The first kappa shape index (κ1) is 20.1. The quantitative estimate of drug-likeness (QED) is 0.345. The van der Waals surface area contributed by atoms with Gasteiger partial charge in [-0.1, -0.05) is 66.2 Å². The molecule has 0 radical (unpaired) electrons. The van der Waals surface area contributed by atoms with Crippen LogP contribution in [0.1, 0.15) is 20.0 Å². The lowest BCUT2D eigenvalue weighted by Crippen LogP contribution is -2.31. The van der Waals surface area contributed by atoms with Gasteiger partial charge in [-0.25, -0.2) is 0 Å². The van der Waals surface area contributed by atoms with E-state index in [2.05, 4.69) is 5.32 Å². The summed E-state index contributed by atoms with van der Waals surface area (Å²) < 4.78 is 5.90. The van der Waals surface area contributed by atoms with Crippen molar-refractivity contribution < 1.29 is 19.1 Å². The summed E-state index contributed by atoms with van der Waals surface area (Å²) in [7, 11) is 0. The van der Waals surface area contributed by atoms with Crippen molar-refractivity contribution >= 4 is 61.5 Å². The van der Waals surface area contributed by atoms with Gasteiger partial charge in [0.05, 0.1) is 5.02 Å². The Balaban J connectivity index is 1.32. The Morgan fingerprint density at radius 3 is 2.47 bits per heavy atom. The number of rotatable bonds is 6. The van der Waals surface area contributed by atoms with E-state index >= 15 is 0 Å². The van der Waals surface area contributed by atoms with E-state index in [1.54, 1.807) is 12.1 Å². The Morgan fingerprint density at radius 1 is 0.933 bits per heavy atom. The van der Waals surface area contributed by atoms with E-state index < -0.39 is 18.5 Å². The van der Waals surface area contributed by atoms with Gasteiger partial charge in [-0.05, 0) is 22.9 Å². The first-order valence-electron chi connectivity index (χ1n) is 9.16. The number of thiophene rings is 1. The molecule has 150 valence electrons. The first-order chi connectivity index (χ1) is 14.5. The Bertz CT molecular complexity index is 1280. The average molecular weight is 438 g/mol. The number of esters is 1. The number of hydrogen-bond acceptors (Lipinski definition) is 5. The molecule has 0 spiro atoms. The zero-order chi connectivity index (χ0) is 21.1. The third kappa shape index (κ3) is 4.20. The summed E-state index contributed by atoms with van der Waals surface area (Å²) >= 11 is 7.52. The van der Waals surface area contributed by atoms with E-state index in [0.717, 1.165) is 20.9 Å². The van der Waals surface area contributed by atoms with Crippen molar-refractivity contribution in [1.82, 2.24) is 5.32 Å². The predicted octanol–water partition coefficient (Wildman–Crippen LogP) is 4.86.